The molecule has 4 nitrogen and oxygen atoms in total. The van der Waals surface area contributed by atoms with Gasteiger partial charge in [0.25, 0.3) is 0 Å². The number of nitrogens with one attached hydrogen (secondary N) is 1. The van der Waals surface area contributed by atoms with Crippen molar-refractivity contribution in [3.05, 3.63) is 29.3 Å². The summed E-state index contributed by atoms with van der Waals surface area (Å²) in [5.41, 5.74) is -0.555. The van der Waals surface area contributed by atoms with Crippen LogP contribution in [-0.4, -0.2) is 37.3 Å². The van der Waals surface area contributed by atoms with Crippen LogP contribution >= 0.6 is 0 Å². The highest BCUT2D eigenvalue weighted by atomic mass is 19.2. The Kier molecular flexibility index (Phi) is 3.47. The van der Waals surface area contributed by atoms with Crippen LogP contribution in [0.2, 0.25) is 0 Å². The Hall–Kier alpha value is -1.69. The van der Waals surface area contributed by atoms with Gasteiger partial charge in [0, 0.05) is 19.6 Å². The molecule has 0 saturated carbocycles. The first-order valence-electron chi connectivity index (χ1n) is 5.67. The van der Waals surface area contributed by atoms with E-state index >= 15 is 0 Å². The van der Waals surface area contributed by atoms with Gasteiger partial charge in [-0.25, -0.2) is 13.6 Å². The van der Waals surface area contributed by atoms with Crippen molar-refractivity contribution in [2.24, 2.45) is 0 Å². The number of carboxylic acid groups (broad SMARTS) is 1. The Morgan fingerprint density at radius 1 is 1.44 bits per heavy atom. The number of anilines is 1. The second-order valence-electron chi connectivity index (χ2n) is 4.32. The number of hydrogen-bond acceptors (Lipinski definition) is 3. The van der Waals surface area contributed by atoms with Crippen LogP contribution in [0.25, 0.3) is 0 Å². The summed E-state index contributed by atoms with van der Waals surface area (Å²) in [7, 11) is 1.68. The van der Waals surface area contributed by atoms with Gasteiger partial charge in [-0.15, -0.1) is 0 Å². The van der Waals surface area contributed by atoms with Crippen LogP contribution in [0.15, 0.2) is 12.1 Å². The smallest absolute Gasteiger partial charge is 0.338 e. The largest absolute Gasteiger partial charge is 0.478 e. The third-order valence-corrected chi connectivity index (χ3v) is 3.25. The zero-order valence-corrected chi connectivity index (χ0v) is 9.91. The van der Waals surface area contributed by atoms with Crippen LogP contribution in [0.4, 0.5) is 14.5 Å². The molecule has 1 aromatic carbocycles. The lowest BCUT2D eigenvalue weighted by atomic mass is 10.1. The molecule has 1 unspecified atom stereocenters. The minimum Gasteiger partial charge on any atom is -0.478 e. The zero-order chi connectivity index (χ0) is 13.3. The molecule has 6 heteroatoms. The quantitative estimate of drug-likeness (QED) is 0.859. The van der Waals surface area contributed by atoms with Crippen molar-refractivity contribution in [1.82, 2.24) is 5.32 Å². The van der Waals surface area contributed by atoms with Crippen LogP contribution < -0.4 is 10.2 Å². The summed E-state index contributed by atoms with van der Waals surface area (Å²) in [6.45, 7) is 1.55. The van der Waals surface area contributed by atoms with E-state index in [-0.39, 0.29) is 11.7 Å². The molecule has 0 radical (unpaired) electrons. The number of nitrogens with zero attached hydrogens (tertiary/aromatic N) is 1. The number of halogens is 2. The van der Waals surface area contributed by atoms with Gasteiger partial charge in [0.1, 0.15) is 0 Å². The molecule has 0 amide bonds. The molecule has 1 fully saturated rings. The summed E-state index contributed by atoms with van der Waals surface area (Å²) in [5.74, 6) is -3.88. The molecule has 2 N–H and O–H groups in total. The SMILES string of the molecule is CN(c1ccc(C(=O)O)c(F)c1F)C1CCNC1. The van der Waals surface area contributed by atoms with E-state index in [0.29, 0.717) is 6.54 Å². The van der Waals surface area contributed by atoms with Gasteiger partial charge in [-0.3, -0.25) is 0 Å². The van der Waals surface area contributed by atoms with Crippen molar-refractivity contribution in [2.45, 2.75) is 12.5 Å². The minimum atomic E-state index is -1.47. The fraction of sp³-hybridized carbons (Fsp3) is 0.417. The van der Waals surface area contributed by atoms with Gasteiger partial charge in [-0.2, -0.15) is 0 Å². The molecular weight excluding hydrogens is 242 g/mol. The number of hydrogen-bond donors (Lipinski definition) is 2. The third kappa shape index (κ3) is 2.15. The second kappa shape index (κ2) is 4.89. The van der Waals surface area contributed by atoms with E-state index in [1.165, 1.54) is 6.07 Å². The molecule has 0 spiro atoms. The van der Waals surface area contributed by atoms with Crippen molar-refractivity contribution < 1.29 is 18.7 Å². The van der Waals surface area contributed by atoms with E-state index in [4.69, 9.17) is 5.11 Å². The lowest BCUT2D eigenvalue weighted by Crippen LogP contribution is -2.34. The average molecular weight is 256 g/mol. The monoisotopic (exact) mass is 256 g/mol. The number of carboxylic acids is 1. The minimum absolute atomic E-state index is 0.0891. The van der Waals surface area contributed by atoms with Gasteiger partial charge in [-0.05, 0) is 25.1 Å². The summed E-state index contributed by atoms with van der Waals surface area (Å²) in [4.78, 5) is 12.3. The Labute approximate surface area is 103 Å². The maximum absolute atomic E-state index is 13.8. The maximum Gasteiger partial charge on any atom is 0.338 e. The first kappa shape index (κ1) is 12.8. The fourth-order valence-electron chi connectivity index (χ4n) is 2.14. The zero-order valence-electron chi connectivity index (χ0n) is 9.91. The van der Waals surface area contributed by atoms with Gasteiger partial charge < -0.3 is 15.3 Å². The van der Waals surface area contributed by atoms with Gasteiger partial charge >= 0.3 is 5.97 Å². The molecule has 18 heavy (non-hydrogen) atoms. The number of aromatic carboxylic acids is 1. The molecule has 1 aromatic rings. The van der Waals surface area contributed by atoms with E-state index < -0.39 is 23.2 Å². The normalized spacial score (nSPS) is 18.9. The van der Waals surface area contributed by atoms with Crippen molar-refractivity contribution in [1.29, 1.82) is 0 Å². The highest BCUT2D eigenvalue weighted by Crippen LogP contribution is 2.26. The van der Waals surface area contributed by atoms with Crippen molar-refractivity contribution in [3.8, 4) is 0 Å². The molecule has 1 saturated heterocycles. The van der Waals surface area contributed by atoms with E-state index in [2.05, 4.69) is 5.32 Å². The van der Waals surface area contributed by atoms with Crippen LogP contribution in [-0.2, 0) is 0 Å². The lowest BCUT2D eigenvalue weighted by Gasteiger charge is -2.26. The molecule has 2 rings (SSSR count). The predicted molar refractivity (Wildman–Crippen MR) is 63.0 cm³/mol. The first-order valence-corrected chi connectivity index (χ1v) is 5.67. The highest BCUT2D eigenvalue weighted by Gasteiger charge is 2.25. The fourth-order valence-corrected chi connectivity index (χ4v) is 2.14. The van der Waals surface area contributed by atoms with Crippen LogP contribution in [0, 0.1) is 11.6 Å². The van der Waals surface area contributed by atoms with Gasteiger partial charge in [0.15, 0.2) is 11.6 Å². The molecule has 0 aromatic heterocycles. The summed E-state index contributed by atoms with van der Waals surface area (Å²) >= 11 is 0. The number of rotatable bonds is 3. The van der Waals surface area contributed by atoms with Crippen molar-refractivity contribution in [2.75, 3.05) is 25.0 Å². The van der Waals surface area contributed by atoms with Crippen molar-refractivity contribution in [3.63, 3.8) is 0 Å². The standard InChI is InChI=1S/C12H14F2N2O2/c1-16(7-4-5-15-6-7)9-3-2-8(12(17)18)10(13)11(9)14/h2-3,7,15H,4-6H2,1H3,(H,17,18). The molecule has 0 aliphatic carbocycles. The highest BCUT2D eigenvalue weighted by molar-refractivity contribution is 5.88. The predicted octanol–water partition coefficient (Wildman–Crippen LogP) is 1.46. The van der Waals surface area contributed by atoms with Gasteiger partial charge in [-0.1, -0.05) is 0 Å². The molecule has 1 aliphatic rings. The average Bonchev–Trinajstić information content (AvgIpc) is 2.85. The maximum atomic E-state index is 13.8. The molecule has 1 aliphatic heterocycles. The van der Waals surface area contributed by atoms with Crippen LogP contribution in [0.3, 0.4) is 0 Å². The van der Waals surface area contributed by atoms with Gasteiger partial charge in [0.2, 0.25) is 0 Å². The number of carbonyl (C=O) groups is 1. The van der Waals surface area contributed by atoms with Gasteiger partial charge in [0.05, 0.1) is 11.3 Å². The van der Waals surface area contributed by atoms with E-state index in [1.807, 2.05) is 0 Å². The topological polar surface area (TPSA) is 52.6 Å². The number of benzene rings is 1. The number of likely N-dealkylation sites (N-methyl/N-ethyl adjacent to an activating group) is 1. The molecule has 1 heterocycles. The first-order chi connectivity index (χ1) is 8.52. The van der Waals surface area contributed by atoms with Crippen molar-refractivity contribution >= 4 is 11.7 Å². The summed E-state index contributed by atoms with van der Waals surface area (Å²) in [6.07, 6.45) is 0.845. The molecular formula is C12H14F2N2O2. The second-order valence-corrected chi connectivity index (χ2v) is 4.32. The summed E-state index contributed by atoms with van der Waals surface area (Å²) in [6, 6.07) is 2.49. The summed E-state index contributed by atoms with van der Waals surface area (Å²) in [5, 5.41) is 11.8. The molecule has 1 atom stereocenters. The Morgan fingerprint density at radius 2 is 2.17 bits per heavy atom. The Morgan fingerprint density at radius 3 is 2.72 bits per heavy atom. The molecule has 0 bridgehead atoms. The van der Waals surface area contributed by atoms with E-state index in [1.54, 1.807) is 11.9 Å². The molecule has 98 valence electrons. The van der Waals surface area contributed by atoms with Crippen LogP contribution in [0.1, 0.15) is 16.8 Å². The Balaban J connectivity index is 2.34. The third-order valence-electron chi connectivity index (χ3n) is 3.25. The Bertz CT molecular complexity index is 473. The van der Waals surface area contributed by atoms with Crippen LogP contribution in [0.5, 0.6) is 0 Å². The van der Waals surface area contributed by atoms with E-state index in [0.717, 1.165) is 19.0 Å². The van der Waals surface area contributed by atoms with E-state index in [9.17, 15) is 13.6 Å². The summed E-state index contributed by atoms with van der Waals surface area (Å²) < 4.78 is 27.4. The lowest BCUT2D eigenvalue weighted by molar-refractivity contribution is 0.0690.